The molecule has 1 aromatic heterocycles. The van der Waals surface area contributed by atoms with Gasteiger partial charge >= 0.3 is 6.18 Å². The number of hydrogen-bond acceptors (Lipinski definition) is 4. The Morgan fingerprint density at radius 2 is 1.75 bits per heavy atom. The largest absolute Gasteiger partial charge is 0.467 e. The Hall–Kier alpha value is -2.61. The second kappa shape index (κ2) is 7.43. The summed E-state index contributed by atoms with van der Waals surface area (Å²) >= 11 is 1.46. The van der Waals surface area contributed by atoms with Gasteiger partial charge in [0.05, 0.1) is 21.3 Å². The number of carbonyl (C=O) groups is 1. The van der Waals surface area contributed by atoms with E-state index in [0.717, 1.165) is 16.3 Å². The van der Waals surface area contributed by atoms with Crippen LogP contribution >= 0.6 is 11.3 Å². The van der Waals surface area contributed by atoms with Crippen molar-refractivity contribution in [3.8, 4) is 5.19 Å². The summed E-state index contributed by atoms with van der Waals surface area (Å²) in [6.07, 6.45) is -3.56. The normalized spacial score (nSPS) is 15.8. The number of para-hydroxylation sites is 1. The summed E-state index contributed by atoms with van der Waals surface area (Å²) < 4.78 is 46.5. The van der Waals surface area contributed by atoms with Crippen molar-refractivity contribution in [2.24, 2.45) is 0 Å². The van der Waals surface area contributed by atoms with E-state index < -0.39 is 17.6 Å². The monoisotopic (exact) mass is 406 g/mol. The lowest BCUT2D eigenvalue weighted by molar-refractivity contribution is -0.138. The Morgan fingerprint density at radius 3 is 2.46 bits per heavy atom. The number of likely N-dealkylation sites (tertiary alicyclic amines) is 1. The van der Waals surface area contributed by atoms with Crippen LogP contribution in [0.4, 0.5) is 13.2 Å². The van der Waals surface area contributed by atoms with Crippen molar-refractivity contribution >= 4 is 27.5 Å². The highest BCUT2D eigenvalue weighted by Crippen LogP contribution is 2.33. The highest BCUT2D eigenvalue weighted by atomic mass is 32.1. The lowest BCUT2D eigenvalue weighted by Gasteiger charge is -2.32. The van der Waals surface area contributed by atoms with Crippen molar-refractivity contribution < 1.29 is 22.7 Å². The predicted octanol–water partition coefficient (Wildman–Crippen LogP) is 5.00. The molecule has 0 saturated carbocycles. The van der Waals surface area contributed by atoms with Gasteiger partial charge in [0.1, 0.15) is 6.10 Å². The zero-order valence-electron chi connectivity index (χ0n) is 14.8. The molecule has 4 rings (SSSR count). The summed E-state index contributed by atoms with van der Waals surface area (Å²) in [7, 11) is 0. The van der Waals surface area contributed by atoms with Crippen molar-refractivity contribution in [2.75, 3.05) is 13.1 Å². The topological polar surface area (TPSA) is 42.4 Å². The zero-order chi connectivity index (χ0) is 19.7. The molecular formula is C20H17F3N2O2S. The second-order valence-corrected chi connectivity index (χ2v) is 7.59. The Morgan fingerprint density at radius 1 is 1.07 bits per heavy atom. The fourth-order valence-corrected chi connectivity index (χ4v) is 4.19. The molecule has 3 aromatic rings. The van der Waals surface area contributed by atoms with Gasteiger partial charge in [0.15, 0.2) is 0 Å². The molecule has 1 amide bonds. The first-order valence-electron chi connectivity index (χ1n) is 8.89. The Labute approximate surface area is 163 Å². The highest BCUT2D eigenvalue weighted by molar-refractivity contribution is 7.20. The maximum atomic E-state index is 13.2. The van der Waals surface area contributed by atoms with Gasteiger partial charge in [-0.15, -0.1) is 0 Å². The molecular weight excluding hydrogens is 389 g/mol. The van der Waals surface area contributed by atoms with Crippen LogP contribution in [0.1, 0.15) is 28.8 Å². The van der Waals surface area contributed by atoms with Crippen molar-refractivity contribution in [1.82, 2.24) is 9.88 Å². The second-order valence-electron chi connectivity index (χ2n) is 6.60. The van der Waals surface area contributed by atoms with Gasteiger partial charge in [0.25, 0.3) is 11.1 Å². The molecule has 0 aliphatic carbocycles. The SMILES string of the molecule is O=C(c1ccccc1C(F)(F)F)N1CCC(Oc2nc3ccccc3s2)CC1. The first-order chi connectivity index (χ1) is 13.4. The molecule has 0 N–H and O–H groups in total. The van der Waals surface area contributed by atoms with Crippen molar-refractivity contribution in [1.29, 1.82) is 0 Å². The molecule has 0 unspecified atom stereocenters. The molecule has 1 saturated heterocycles. The van der Waals surface area contributed by atoms with E-state index in [-0.39, 0.29) is 11.7 Å². The molecule has 4 nitrogen and oxygen atoms in total. The lowest BCUT2D eigenvalue weighted by Crippen LogP contribution is -2.42. The van der Waals surface area contributed by atoms with Gasteiger partial charge in [-0.3, -0.25) is 4.79 Å². The maximum Gasteiger partial charge on any atom is 0.417 e. The molecule has 1 aliphatic rings. The van der Waals surface area contributed by atoms with E-state index in [0.29, 0.717) is 31.1 Å². The number of nitrogens with zero attached hydrogens (tertiary/aromatic N) is 2. The number of halogens is 3. The molecule has 0 atom stereocenters. The van der Waals surface area contributed by atoms with Crippen molar-refractivity contribution in [3.05, 3.63) is 59.7 Å². The summed E-state index contributed by atoms with van der Waals surface area (Å²) in [6.45, 7) is 0.696. The van der Waals surface area contributed by atoms with Crippen molar-refractivity contribution in [3.63, 3.8) is 0 Å². The van der Waals surface area contributed by atoms with Crippen LogP contribution in [-0.4, -0.2) is 35.0 Å². The van der Waals surface area contributed by atoms with Gasteiger partial charge in [0, 0.05) is 25.9 Å². The van der Waals surface area contributed by atoms with Gasteiger partial charge in [-0.2, -0.15) is 13.2 Å². The molecule has 0 radical (unpaired) electrons. The van der Waals surface area contributed by atoms with E-state index in [1.807, 2.05) is 24.3 Å². The third kappa shape index (κ3) is 3.82. The molecule has 1 fully saturated rings. The smallest absolute Gasteiger partial charge is 0.417 e. The minimum absolute atomic E-state index is 0.109. The lowest BCUT2D eigenvalue weighted by atomic mass is 10.0. The van der Waals surface area contributed by atoms with E-state index in [2.05, 4.69) is 4.98 Å². The number of alkyl halides is 3. The van der Waals surface area contributed by atoms with Gasteiger partial charge in [-0.1, -0.05) is 35.6 Å². The van der Waals surface area contributed by atoms with Gasteiger partial charge in [-0.05, 0) is 24.3 Å². The molecule has 146 valence electrons. The fraction of sp³-hybridized carbons (Fsp3) is 0.300. The molecule has 0 bridgehead atoms. The number of benzene rings is 2. The molecule has 1 aliphatic heterocycles. The van der Waals surface area contributed by atoms with E-state index in [4.69, 9.17) is 4.74 Å². The van der Waals surface area contributed by atoms with Crippen LogP contribution in [0.25, 0.3) is 10.2 Å². The molecule has 2 aromatic carbocycles. The Kier molecular flexibility index (Phi) is 4.97. The maximum absolute atomic E-state index is 13.2. The number of ether oxygens (including phenoxy) is 1. The number of aromatic nitrogens is 1. The Balaban J connectivity index is 1.41. The number of rotatable bonds is 3. The van der Waals surface area contributed by atoms with E-state index in [9.17, 15) is 18.0 Å². The van der Waals surface area contributed by atoms with Gasteiger partial charge < -0.3 is 9.64 Å². The first kappa shape index (κ1) is 18.7. The summed E-state index contributed by atoms with van der Waals surface area (Å²) in [5.74, 6) is -0.591. The average Bonchev–Trinajstić information content (AvgIpc) is 3.09. The number of fused-ring (bicyclic) bond motifs is 1. The minimum atomic E-state index is -4.56. The number of amides is 1. The summed E-state index contributed by atoms with van der Waals surface area (Å²) in [4.78, 5) is 18.5. The minimum Gasteiger partial charge on any atom is -0.467 e. The Bertz CT molecular complexity index is 961. The van der Waals surface area contributed by atoms with Crippen LogP contribution in [0.5, 0.6) is 5.19 Å². The van der Waals surface area contributed by atoms with Crippen LogP contribution in [-0.2, 0) is 6.18 Å². The quantitative estimate of drug-likeness (QED) is 0.615. The predicted molar refractivity (Wildman–Crippen MR) is 101 cm³/mol. The van der Waals surface area contributed by atoms with Gasteiger partial charge in [0.2, 0.25) is 0 Å². The van der Waals surface area contributed by atoms with E-state index in [1.54, 1.807) is 0 Å². The van der Waals surface area contributed by atoms with Gasteiger partial charge in [-0.25, -0.2) is 4.98 Å². The zero-order valence-corrected chi connectivity index (χ0v) is 15.6. The molecule has 8 heteroatoms. The number of hydrogen-bond donors (Lipinski definition) is 0. The molecule has 0 spiro atoms. The summed E-state index contributed by atoms with van der Waals surface area (Å²) in [5, 5.41) is 0.577. The van der Waals surface area contributed by atoms with Crippen molar-refractivity contribution in [2.45, 2.75) is 25.1 Å². The molecule has 2 heterocycles. The summed E-state index contributed by atoms with van der Waals surface area (Å²) in [5.41, 5.74) is -0.327. The van der Waals surface area contributed by atoms with Crippen LogP contribution in [0.15, 0.2) is 48.5 Å². The fourth-order valence-electron chi connectivity index (χ4n) is 3.31. The molecule has 28 heavy (non-hydrogen) atoms. The highest BCUT2D eigenvalue weighted by Gasteiger charge is 2.36. The number of carbonyl (C=O) groups excluding carboxylic acids is 1. The van der Waals surface area contributed by atoms with Crippen LogP contribution in [0, 0.1) is 0 Å². The van der Waals surface area contributed by atoms with Crippen LogP contribution in [0.3, 0.4) is 0 Å². The third-order valence-corrected chi connectivity index (χ3v) is 5.66. The third-order valence-electron chi connectivity index (χ3n) is 4.73. The van der Waals surface area contributed by atoms with E-state index >= 15 is 0 Å². The number of thiazole rings is 1. The van der Waals surface area contributed by atoms with Crippen LogP contribution < -0.4 is 4.74 Å². The standard InChI is InChI=1S/C20H17F3N2O2S/c21-20(22,23)15-6-2-1-5-14(15)18(26)25-11-9-13(10-12-25)27-19-24-16-7-3-4-8-17(16)28-19/h1-8,13H,9-12H2. The number of piperidine rings is 1. The summed E-state index contributed by atoms with van der Waals surface area (Å²) in [6, 6.07) is 12.6. The van der Waals surface area contributed by atoms with E-state index in [1.165, 1.54) is 34.4 Å². The van der Waals surface area contributed by atoms with Crippen LogP contribution in [0.2, 0.25) is 0 Å². The first-order valence-corrected chi connectivity index (χ1v) is 9.71. The average molecular weight is 406 g/mol.